The van der Waals surface area contributed by atoms with E-state index in [1.165, 1.54) is 25.5 Å². The third-order valence-electron chi connectivity index (χ3n) is 4.68. The Morgan fingerprint density at radius 2 is 1.90 bits per heavy atom. The Balaban J connectivity index is 1.84. The van der Waals surface area contributed by atoms with Crippen molar-refractivity contribution in [2.45, 2.75) is 20.0 Å². The molecular weight excluding hydrogens is 431 g/mol. The minimum Gasteiger partial charge on any atom is -0.496 e. The van der Waals surface area contributed by atoms with Crippen LogP contribution in [0.4, 0.5) is 13.2 Å². The lowest BCUT2D eigenvalue weighted by Gasteiger charge is -2.13. The van der Waals surface area contributed by atoms with E-state index in [4.69, 9.17) is 16.3 Å². The van der Waals surface area contributed by atoms with Crippen molar-refractivity contribution < 1.29 is 22.7 Å². The van der Waals surface area contributed by atoms with Crippen LogP contribution in [0.3, 0.4) is 0 Å². The number of nitrogens with zero attached hydrogens (tertiary/aromatic N) is 2. The Labute approximate surface area is 182 Å². The van der Waals surface area contributed by atoms with Gasteiger partial charge in [0, 0.05) is 27.7 Å². The van der Waals surface area contributed by atoms with Crippen molar-refractivity contribution in [2.75, 3.05) is 7.11 Å². The maximum Gasteiger partial charge on any atom is 0.416 e. The normalized spacial score (nSPS) is 11.7. The average Bonchev–Trinajstić information content (AvgIpc) is 3.00. The molecule has 2 aromatic carbocycles. The van der Waals surface area contributed by atoms with Gasteiger partial charge in [0.2, 0.25) is 0 Å². The first kappa shape index (κ1) is 22.4. The van der Waals surface area contributed by atoms with E-state index in [2.05, 4.69) is 10.5 Å². The summed E-state index contributed by atoms with van der Waals surface area (Å²) >= 11 is 5.94. The Morgan fingerprint density at radius 1 is 1.16 bits per heavy atom. The lowest BCUT2D eigenvalue weighted by molar-refractivity contribution is -0.137. The average molecular weight is 450 g/mol. The zero-order chi connectivity index (χ0) is 22.8. The highest BCUT2D eigenvalue weighted by molar-refractivity contribution is 6.31. The predicted octanol–water partition coefficient (Wildman–Crippen LogP) is 5.54. The van der Waals surface area contributed by atoms with E-state index in [9.17, 15) is 18.0 Å². The van der Waals surface area contributed by atoms with Gasteiger partial charge in [-0.15, -0.1) is 0 Å². The minimum absolute atomic E-state index is 0.224. The van der Waals surface area contributed by atoms with Crippen LogP contribution in [-0.2, 0) is 6.18 Å². The van der Waals surface area contributed by atoms with Gasteiger partial charge in [-0.2, -0.15) is 18.3 Å². The van der Waals surface area contributed by atoms with Gasteiger partial charge in [0.25, 0.3) is 5.91 Å². The lowest BCUT2D eigenvalue weighted by atomic mass is 10.2. The smallest absolute Gasteiger partial charge is 0.416 e. The molecule has 0 unspecified atom stereocenters. The van der Waals surface area contributed by atoms with Crippen LogP contribution >= 0.6 is 11.6 Å². The van der Waals surface area contributed by atoms with Gasteiger partial charge in [-0.1, -0.05) is 17.7 Å². The maximum absolute atomic E-state index is 13.1. The summed E-state index contributed by atoms with van der Waals surface area (Å²) in [4.78, 5) is 12.4. The summed E-state index contributed by atoms with van der Waals surface area (Å²) in [6.45, 7) is 3.54. The molecule has 0 aliphatic heterocycles. The van der Waals surface area contributed by atoms with E-state index in [1.807, 2.05) is 0 Å². The molecule has 0 radical (unpaired) electrons. The first-order valence-electron chi connectivity index (χ1n) is 9.15. The third kappa shape index (κ3) is 4.91. The number of ether oxygens (including phenoxy) is 1. The fraction of sp³-hybridized carbons (Fsp3) is 0.182. The highest BCUT2D eigenvalue weighted by atomic mass is 35.5. The van der Waals surface area contributed by atoms with Gasteiger partial charge < -0.3 is 9.30 Å². The zero-order valence-electron chi connectivity index (χ0n) is 16.9. The van der Waals surface area contributed by atoms with Crippen molar-refractivity contribution in [1.29, 1.82) is 0 Å². The molecule has 0 bridgehead atoms. The molecule has 0 aliphatic rings. The third-order valence-corrected chi connectivity index (χ3v) is 4.91. The van der Waals surface area contributed by atoms with E-state index >= 15 is 0 Å². The molecule has 1 amide bonds. The second kappa shape index (κ2) is 8.85. The Bertz CT molecular complexity index is 1150. The number of hydrazone groups is 1. The van der Waals surface area contributed by atoms with E-state index in [0.29, 0.717) is 27.7 Å². The number of nitrogens with one attached hydrogen (secondary N) is 1. The number of aromatic nitrogens is 1. The Kier molecular flexibility index (Phi) is 6.40. The summed E-state index contributed by atoms with van der Waals surface area (Å²) in [7, 11) is 1.44. The zero-order valence-corrected chi connectivity index (χ0v) is 17.7. The molecule has 1 heterocycles. The summed E-state index contributed by atoms with van der Waals surface area (Å²) in [5.74, 6) is -0.165. The fourth-order valence-electron chi connectivity index (χ4n) is 3.22. The molecule has 0 fully saturated rings. The molecule has 0 saturated heterocycles. The molecule has 162 valence electrons. The highest BCUT2D eigenvalue weighted by Gasteiger charge is 2.30. The summed E-state index contributed by atoms with van der Waals surface area (Å²) in [6, 6.07) is 11.5. The van der Waals surface area contributed by atoms with Crippen molar-refractivity contribution >= 4 is 23.7 Å². The number of amides is 1. The van der Waals surface area contributed by atoms with Crippen LogP contribution in [0.5, 0.6) is 5.75 Å². The molecule has 0 spiro atoms. The summed E-state index contributed by atoms with van der Waals surface area (Å²) < 4.78 is 46.0. The number of rotatable bonds is 5. The van der Waals surface area contributed by atoms with Gasteiger partial charge in [0.05, 0.1) is 24.5 Å². The first-order chi connectivity index (χ1) is 14.6. The molecule has 9 heteroatoms. The number of hydrogen-bond donors (Lipinski definition) is 1. The molecule has 5 nitrogen and oxygen atoms in total. The van der Waals surface area contributed by atoms with Crippen molar-refractivity contribution in [3.63, 3.8) is 0 Å². The second-order valence-electron chi connectivity index (χ2n) is 6.75. The predicted molar refractivity (Wildman–Crippen MR) is 113 cm³/mol. The maximum atomic E-state index is 13.1. The standard InChI is InChI=1S/C22H19ClF3N3O2/c1-13-9-15(12-27-28-21(30)19-11-17(23)7-8-20(19)31-3)14(2)29(13)18-6-4-5-16(10-18)22(24,25)26/h4-12H,1-3H3,(H,28,30). The van der Waals surface area contributed by atoms with E-state index < -0.39 is 17.6 Å². The highest BCUT2D eigenvalue weighted by Crippen LogP contribution is 2.31. The van der Waals surface area contributed by atoms with Crippen LogP contribution < -0.4 is 10.2 Å². The number of hydrogen-bond acceptors (Lipinski definition) is 3. The van der Waals surface area contributed by atoms with Gasteiger partial charge in [-0.05, 0) is 56.3 Å². The van der Waals surface area contributed by atoms with Crippen molar-refractivity contribution in [3.8, 4) is 11.4 Å². The van der Waals surface area contributed by atoms with Gasteiger partial charge in [0.15, 0.2) is 0 Å². The topological polar surface area (TPSA) is 55.6 Å². The number of carbonyl (C=O) groups is 1. The summed E-state index contributed by atoms with van der Waals surface area (Å²) in [6.07, 6.45) is -3.00. The SMILES string of the molecule is COc1ccc(Cl)cc1C(=O)NN=Cc1cc(C)n(-c2cccc(C(F)(F)F)c2)c1C. The molecular formula is C22H19ClF3N3O2. The molecule has 31 heavy (non-hydrogen) atoms. The van der Waals surface area contributed by atoms with Gasteiger partial charge in [-0.25, -0.2) is 5.43 Å². The van der Waals surface area contributed by atoms with Crippen LogP contribution in [0, 0.1) is 13.8 Å². The molecule has 1 N–H and O–H groups in total. The molecule has 3 rings (SSSR count). The van der Waals surface area contributed by atoms with Gasteiger partial charge in [-0.3, -0.25) is 4.79 Å². The molecule has 0 saturated carbocycles. The Morgan fingerprint density at radius 3 is 2.58 bits per heavy atom. The lowest BCUT2D eigenvalue weighted by Crippen LogP contribution is -2.18. The molecule has 3 aromatic rings. The van der Waals surface area contributed by atoms with Crippen LogP contribution in [-0.4, -0.2) is 23.8 Å². The summed E-state index contributed by atoms with van der Waals surface area (Å²) in [5.41, 5.74) is 4.34. The van der Waals surface area contributed by atoms with E-state index in [-0.39, 0.29) is 5.56 Å². The number of aryl methyl sites for hydroxylation is 1. The summed E-state index contributed by atoms with van der Waals surface area (Å²) in [5, 5.41) is 4.35. The molecule has 1 aromatic heterocycles. The van der Waals surface area contributed by atoms with E-state index in [0.717, 1.165) is 17.8 Å². The van der Waals surface area contributed by atoms with Gasteiger partial charge >= 0.3 is 6.18 Å². The van der Waals surface area contributed by atoms with Crippen LogP contribution in [0.1, 0.15) is 32.9 Å². The number of carbonyl (C=O) groups excluding carboxylic acids is 1. The number of benzene rings is 2. The first-order valence-corrected chi connectivity index (χ1v) is 9.53. The van der Waals surface area contributed by atoms with Crippen LogP contribution in [0.2, 0.25) is 5.02 Å². The Hall–Kier alpha value is -3.26. The van der Waals surface area contributed by atoms with Crippen LogP contribution in [0.25, 0.3) is 5.69 Å². The van der Waals surface area contributed by atoms with Gasteiger partial charge in [0.1, 0.15) is 5.75 Å². The minimum atomic E-state index is -4.43. The largest absolute Gasteiger partial charge is 0.496 e. The van der Waals surface area contributed by atoms with Crippen molar-refractivity contribution in [2.24, 2.45) is 5.10 Å². The number of methoxy groups -OCH3 is 1. The molecule has 0 atom stereocenters. The fourth-order valence-corrected chi connectivity index (χ4v) is 3.39. The van der Waals surface area contributed by atoms with Crippen molar-refractivity contribution in [3.05, 3.63) is 81.6 Å². The molecule has 0 aliphatic carbocycles. The number of halogens is 4. The monoisotopic (exact) mass is 449 g/mol. The number of alkyl halides is 3. The van der Waals surface area contributed by atoms with E-state index in [1.54, 1.807) is 42.7 Å². The van der Waals surface area contributed by atoms with Crippen LogP contribution in [0.15, 0.2) is 53.6 Å². The van der Waals surface area contributed by atoms with Crippen molar-refractivity contribution in [1.82, 2.24) is 9.99 Å². The quantitative estimate of drug-likeness (QED) is 0.411. The second-order valence-corrected chi connectivity index (χ2v) is 7.19.